The zero-order chi connectivity index (χ0) is 22.7. The summed E-state index contributed by atoms with van der Waals surface area (Å²) in [5, 5.41) is 12.7. The number of hydrogen-bond donors (Lipinski definition) is 2. The second-order valence-electron chi connectivity index (χ2n) is 6.61. The van der Waals surface area contributed by atoms with Crippen LogP contribution < -0.4 is 10.1 Å². The molecule has 2 N–H and O–H groups in total. The van der Waals surface area contributed by atoms with E-state index in [0.29, 0.717) is 44.5 Å². The van der Waals surface area contributed by atoms with Crippen LogP contribution in [0.25, 0.3) is 17.4 Å². The molecule has 2 aromatic carbocycles. The molecule has 2 heterocycles. The van der Waals surface area contributed by atoms with Gasteiger partial charge in [-0.25, -0.2) is 9.79 Å². The molecule has 162 valence electrons. The zero-order valence-electron chi connectivity index (χ0n) is 16.8. The van der Waals surface area contributed by atoms with Crippen molar-refractivity contribution >= 4 is 52.2 Å². The van der Waals surface area contributed by atoms with E-state index in [4.69, 9.17) is 20.8 Å². The van der Waals surface area contributed by atoms with Gasteiger partial charge in [0, 0.05) is 11.6 Å². The topological polar surface area (TPSA) is 101 Å². The summed E-state index contributed by atoms with van der Waals surface area (Å²) in [7, 11) is 0. The second-order valence-corrected chi connectivity index (χ2v) is 8.05. The SMILES string of the molecule is CCOc1ccc(N=C2NC(=O)/C(=C/c3ccc(-c4cc(C(=O)O)ccc4Cl)o3)S2)cc1. The van der Waals surface area contributed by atoms with Crippen molar-refractivity contribution in [2.75, 3.05) is 6.61 Å². The molecule has 0 radical (unpaired) electrons. The lowest BCUT2D eigenvalue weighted by Crippen LogP contribution is -2.19. The van der Waals surface area contributed by atoms with E-state index < -0.39 is 5.97 Å². The number of thioether (sulfide) groups is 1. The summed E-state index contributed by atoms with van der Waals surface area (Å²) >= 11 is 7.39. The Balaban J connectivity index is 1.53. The maximum Gasteiger partial charge on any atom is 0.335 e. The number of rotatable bonds is 6. The van der Waals surface area contributed by atoms with E-state index in [1.165, 1.54) is 30.0 Å². The highest BCUT2D eigenvalue weighted by molar-refractivity contribution is 8.18. The molecule has 1 aliphatic rings. The van der Waals surface area contributed by atoms with Crippen LogP contribution >= 0.6 is 23.4 Å². The average Bonchev–Trinajstić information content (AvgIpc) is 3.36. The van der Waals surface area contributed by atoms with Crippen LogP contribution in [0.3, 0.4) is 0 Å². The van der Waals surface area contributed by atoms with E-state index in [-0.39, 0.29) is 11.5 Å². The third-order valence-electron chi connectivity index (χ3n) is 4.41. The Labute approximate surface area is 192 Å². The second kappa shape index (κ2) is 9.33. The van der Waals surface area contributed by atoms with Crippen molar-refractivity contribution in [1.29, 1.82) is 0 Å². The van der Waals surface area contributed by atoms with Gasteiger partial charge in [-0.15, -0.1) is 0 Å². The molecular formula is C23H17ClN2O5S. The van der Waals surface area contributed by atoms with Gasteiger partial charge in [0.15, 0.2) is 5.17 Å². The number of ether oxygens (including phenoxy) is 1. The molecule has 1 saturated heterocycles. The van der Waals surface area contributed by atoms with E-state index in [1.54, 1.807) is 30.3 Å². The quantitative estimate of drug-likeness (QED) is 0.457. The summed E-state index contributed by atoms with van der Waals surface area (Å²) in [6.07, 6.45) is 1.60. The van der Waals surface area contributed by atoms with Crippen molar-refractivity contribution in [2.24, 2.45) is 4.99 Å². The number of carbonyl (C=O) groups excluding carboxylic acids is 1. The number of nitrogens with one attached hydrogen (secondary N) is 1. The highest BCUT2D eigenvalue weighted by atomic mass is 35.5. The number of carboxylic acid groups (broad SMARTS) is 1. The maximum atomic E-state index is 12.3. The van der Waals surface area contributed by atoms with Gasteiger partial charge in [-0.1, -0.05) is 11.6 Å². The summed E-state index contributed by atoms with van der Waals surface area (Å²) < 4.78 is 11.2. The Morgan fingerprint density at radius 3 is 2.72 bits per heavy atom. The Morgan fingerprint density at radius 2 is 2.00 bits per heavy atom. The van der Waals surface area contributed by atoms with Crippen LogP contribution in [0.15, 0.2) is 68.9 Å². The molecule has 1 amide bonds. The molecule has 1 aromatic heterocycles. The number of amidine groups is 1. The van der Waals surface area contributed by atoms with Crippen LogP contribution in [0, 0.1) is 0 Å². The number of benzene rings is 2. The first-order chi connectivity index (χ1) is 15.4. The normalized spacial score (nSPS) is 15.9. The first-order valence-corrected chi connectivity index (χ1v) is 10.8. The molecule has 3 aromatic rings. The van der Waals surface area contributed by atoms with E-state index in [9.17, 15) is 14.7 Å². The highest BCUT2D eigenvalue weighted by Crippen LogP contribution is 2.33. The van der Waals surface area contributed by atoms with Crippen LogP contribution in [0.4, 0.5) is 5.69 Å². The molecule has 0 saturated carbocycles. The Kier molecular flexibility index (Phi) is 6.34. The average molecular weight is 469 g/mol. The largest absolute Gasteiger partial charge is 0.494 e. The van der Waals surface area contributed by atoms with Crippen LogP contribution in [0.2, 0.25) is 5.02 Å². The van der Waals surface area contributed by atoms with Gasteiger partial charge in [0.05, 0.1) is 27.8 Å². The molecular weight excluding hydrogens is 452 g/mol. The molecule has 4 rings (SSSR count). The zero-order valence-corrected chi connectivity index (χ0v) is 18.4. The van der Waals surface area contributed by atoms with Gasteiger partial charge in [-0.05, 0) is 73.3 Å². The maximum absolute atomic E-state index is 12.3. The van der Waals surface area contributed by atoms with E-state index in [1.807, 2.05) is 19.1 Å². The number of furan rings is 1. The summed E-state index contributed by atoms with van der Waals surface area (Å²) in [4.78, 5) is 28.4. The van der Waals surface area contributed by atoms with Gasteiger partial charge in [0.2, 0.25) is 0 Å². The predicted molar refractivity (Wildman–Crippen MR) is 125 cm³/mol. The minimum atomic E-state index is -1.06. The predicted octanol–water partition coefficient (Wildman–Crippen LogP) is 5.59. The van der Waals surface area contributed by atoms with Crippen molar-refractivity contribution in [3.8, 4) is 17.1 Å². The Morgan fingerprint density at radius 1 is 1.22 bits per heavy atom. The van der Waals surface area contributed by atoms with Gasteiger partial charge in [-0.3, -0.25) is 4.79 Å². The van der Waals surface area contributed by atoms with Gasteiger partial charge < -0.3 is 19.6 Å². The molecule has 1 aliphatic heterocycles. The van der Waals surface area contributed by atoms with Gasteiger partial charge in [0.1, 0.15) is 17.3 Å². The van der Waals surface area contributed by atoms with Crippen molar-refractivity contribution in [3.63, 3.8) is 0 Å². The first-order valence-electron chi connectivity index (χ1n) is 9.58. The monoisotopic (exact) mass is 468 g/mol. The van der Waals surface area contributed by atoms with E-state index in [2.05, 4.69) is 10.3 Å². The lowest BCUT2D eigenvalue weighted by molar-refractivity contribution is -0.115. The number of amides is 1. The minimum absolute atomic E-state index is 0.0987. The Bertz CT molecular complexity index is 1250. The number of hydrogen-bond acceptors (Lipinski definition) is 6. The van der Waals surface area contributed by atoms with E-state index in [0.717, 1.165) is 5.75 Å². The molecule has 1 fully saturated rings. The number of carboxylic acids is 1. The number of aromatic carboxylic acids is 1. The molecule has 9 heteroatoms. The smallest absolute Gasteiger partial charge is 0.335 e. The summed E-state index contributed by atoms with van der Waals surface area (Å²) in [5.41, 5.74) is 1.24. The van der Waals surface area contributed by atoms with Crippen LogP contribution in [-0.4, -0.2) is 28.8 Å². The fraction of sp³-hybridized carbons (Fsp3) is 0.0870. The number of carbonyl (C=O) groups is 2. The fourth-order valence-electron chi connectivity index (χ4n) is 2.93. The molecule has 0 bridgehead atoms. The summed E-state index contributed by atoms with van der Waals surface area (Å²) in [6, 6.07) is 15.0. The van der Waals surface area contributed by atoms with E-state index >= 15 is 0 Å². The third-order valence-corrected chi connectivity index (χ3v) is 5.65. The molecule has 32 heavy (non-hydrogen) atoms. The molecule has 0 unspecified atom stereocenters. The standard InChI is InChI=1S/C23H17ClN2O5S/c1-2-30-15-6-4-14(5-7-15)25-23-26-21(27)20(32-23)12-16-8-10-19(31-16)17-11-13(22(28)29)3-9-18(17)24/h3-12H,2H2,1H3,(H,28,29)(H,25,26,27)/b20-12-. The fourth-order valence-corrected chi connectivity index (χ4v) is 3.97. The molecule has 7 nitrogen and oxygen atoms in total. The Hall–Kier alpha value is -3.49. The molecule has 0 atom stereocenters. The number of halogens is 1. The van der Waals surface area contributed by atoms with Crippen molar-refractivity contribution in [1.82, 2.24) is 5.32 Å². The summed E-state index contributed by atoms with van der Waals surface area (Å²) in [6.45, 7) is 2.50. The third kappa shape index (κ3) is 4.87. The lowest BCUT2D eigenvalue weighted by atomic mass is 10.1. The van der Waals surface area contributed by atoms with Gasteiger partial charge in [-0.2, -0.15) is 0 Å². The van der Waals surface area contributed by atoms with Crippen LogP contribution in [-0.2, 0) is 4.79 Å². The first kappa shape index (κ1) is 21.7. The summed E-state index contributed by atoms with van der Waals surface area (Å²) in [5.74, 6) is 0.231. The van der Waals surface area contributed by atoms with Crippen LogP contribution in [0.5, 0.6) is 5.75 Å². The molecule has 0 aliphatic carbocycles. The molecule has 0 spiro atoms. The van der Waals surface area contributed by atoms with Crippen molar-refractivity contribution in [3.05, 3.63) is 75.8 Å². The minimum Gasteiger partial charge on any atom is -0.494 e. The highest BCUT2D eigenvalue weighted by Gasteiger charge is 2.24. The van der Waals surface area contributed by atoms with Crippen molar-refractivity contribution in [2.45, 2.75) is 6.92 Å². The van der Waals surface area contributed by atoms with Gasteiger partial charge >= 0.3 is 5.97 Å². The van der Waals surface area contributed by atoms with Gasteiger partial charge in [0.25, 0.3) is 5.91 Å². The van der Waals surface area contributed by atoms with Crippen molar-refractivity contribution < 1.29 is 23.8 Å². The van der Waals surface area contributed by atoms with Crippen LogP contribution in [0.1, 0.15) is 23.0 Å². The number of aliphatic imine (C=N–C) groups is 1. The lowest BCUT2D eigenvalue weighted by Gasteiger charge is -2.02. The number of nitrogens with zero attached hydrogens (tertiary/aromatic N) is 1.